The van der Waals surface area contributed by atoms with E-state index in [0.717, 1.165) is 33.7 Å². The molecule has 4 aromatic rings. The van der Waals surface area contributed by atoms with Gasteiger partial charge in [-0.15, -0.1) is 0 Å². The van der Waals surface area contributed by atoms with E-state index < -0.39 is 0 Å². The molecule has 0 spiro atoms. The predicted octanol–water partition coefficient (Wildman–Crippen LogP) is 3.91. The van der Waals surface area contributed by atoms with Crippen molar-refractivity contribution in [1.29, 1.82) is 0 Å². The van der Waals surface area contributed by atoms with Gasteiger partial charge in [-0.25, -0.2) is 9.50 Å². The van der Waals surface area contributed by atoms with Gasteiger partial charge < -0.3 is 11.1 Å². The molecular formula is C24H25N5O. The predicted molar refractivity (Wildman–Crippen MR) is 119 cm³/mol. The normalized spacial score (nSPS) is 11.2. The molecule has 0 fully saturated rings. The Morgan fingerprint density at radius 3 is 2.60 bits per heavy atom. The Balaban J connectivity index is 1.68. The van der Waals surface area contributed by atoms with Crippen molar-refractivity contribution >= 4 is 11.6 Å². The standard InChI is InChI=1S/C24H25N5O/c1-16(2)14-27-24(30)20-5-3-4-19(12-20)21-10-11-23-26-15-22(29(23)28-21)18-8-6-17(13-25)7-9-18/h3-12,15-16H,13-14,25H2,1-2H3,(H,27,30). The van der Waals surface area contributed by atoms with Crippen LogP contribution in [0.1, 0.15) is 29.8 Å². The van der Waals surface area contributed by atoms with E-state index >= 15 is 0 Å². The zero-order chi connectivity index (χ0) is 21.1. The quantitative estimate of drug-likeness (QED) is 0.515. The molecule has 6 nitrogen and oxygen atoms in total. The van der Waals surface area contributed by atoms with Crippen molar-refractivity contribution in [1.82, 2.24) is 19.9 Å². The molecule has 0 atom stereocenters. The number of nitrogens with zero attached hydrogens (tertiary/aromatic N) is 3. The van der Waals surface area contributed by atoms with Gasteiger partial charge in [0.05, 0.1) is 17.6 Å². The van der Waals surface area contributed by atoms with Crippen molar-refractivity contribution in [3.05, 3.63) is 78.0 Å². The number of imidazole rings is 1. The Morgan fingerprint density at radius 1 is 1.07 bits per heavy atom. The Hall–Kier alpha value is -3.51. The van der Waals surface area contributed by atoms with E-state index in [0.29, 0.717) is 24.6 Å². The van der Waals surface area contributed by atoms with Crippen LogP contribution in [0.3, 0.4) is 0 Å². The summed E-state index contributed by atoms with van der Waals surface area (Å²) in [6, 6.07) is 19.5. The summed E-state index contributed by atoms with van der Waals surface area (Å²) in [5.41, 5.74) is 11.8. The van der Waals surface area contributed by atoms with Crippen LogP contribution in [0, 0.1) is 5.92 Å². The molecule has 4 rings (SSSR count). The number of benzene rings is 2. The minimum absolute atomic E-state index is 0.0741. The van der Waals surface area contributed by atoms with Crippen molar-refractivity contribution in [3.8, 4) is 22.5 Å². The zero-order valence-corrected chi connectivity index (χ0v) is 17.2. The molecule has 2 aromatic carbocycles. The van der Waals surface area contributed by atoms with E-state index in [1.54, 1.807) is 0 Å². The minimum Gasteiger partial charge on any atom is -0.352 e. The number of nitrogens with two attached hydrogens (primary N) is 1. The maximum atomic E-state index is 12.4. The third-order valence-electron chi connectivity index (χ3n) is 4.94. The van der Waals surface area contributed by atoms with Crippen LogP contribution in [0.25, 0.3) is 28.2 Å². The molecule has 0 saturated carbocycles. The van der Waals surface area contributed by atoms with Crippen molar-refractivity contribution < 1.29 is 4.79 Å². The molecule has 0 aliphatic carbocycles. The molecule has 0 saturated heterocycles. The first-order chi connectivity index (χ1) is 14.5. The number of aromatic nitrogens is 3. The molecule has 30 heavy (non-hydrogen) atoms. The van der Waals surface area contributed by atoms with E-state index in [4.69, 9.17) is 10.8 Å². The van der Waals surface area contributed by atoms with Gasteiger partial charge >= 0.3 is 0 Å². The average Bonchev–Trinajstić information content (AvgIpc) is 3.21. The molecule has 152 valence electrons. The number of hydrogen-bond acceptors (Lipinski definition) is 4. The molecule has 0 bridgehead atoms. The first-order valence-corrected chi connectivity index (χ1v) is 10.1. The Bertz CT molecular complexity index is 1180. The van der Waals surface area contributed by atoms with Gasteiger partial charge in [0.2, 0.25) is 0 Å². The summed E-state index contributed by atoms with van der Waals surface area (Å²) in [5, 5.41) is 7.76. The zero-order valence-electron chi connectivity index (χ0n) is 17.2. The van der Waals surface area contributed by atoms with E-state index in [9.17, 15) is 4.79 Å². The Kier molecular flexibility index (Phi) is 5.59. The third kappa shape index (κ3) is 4.09. The molecule has 2 heterocycles. The summed E-state index contributed by atoms with van der Waals surface area (Å²) in [7, 11) is 0. The lowest BCUT2D eigenvalue weighted by Crippen LogP contribution is -2.27. The highest BCUT2D eigenvalue weighted by molar-refractivity contribution is 5.95. The summed E-state index contributed by atoms with van der Waals surface area (Å²) >= 11 is 0. The fraction of sp³-hybridized carbons (Fsp3) is 0.208. The van der Waals surface area contributed by atoms with Crippen LogP contribution in [0.2, 0.25) is 0 Å². The van der Waals surface area contributed by atoms with Crippen molar-refractivity contribution in [2.75, 3.05) is 6.54 Å². The average molecular weight is 399 g/mol. The number of carbonyl (C=O) groups is 1. The fourth-order valence-electron chi connectivity index (χ4n) is 3.25. The fourth-order valence-corrected chi connectivity index (χ4v) is 3.25. The van der Waals surface area contributed by atoms with Crippen LogP contribution in [-0.4, -0.2) is 27.0 Å². The Morgan fingerprint density at radius 2 is 1.87 bits per heavy atom. The molecule has 0 aliphatic rings. The molecule has 6 heteroatoms. The number of rotatable bonds is 6. The maximum Gasteiger partial charge on any atom is 0.251 e. The van der Waals surface area contributed by atoms with Crippen LogP contribution < -0.4 is 11.1 Å². The first-order valence-electron chi connectivity index (χ1n) is 10.1. The van der Waals surface area contributed by atoms with Gasteiger partial charge in [-0.1, -0.05) is 50.2 Å². The minimum atomic E-state index is -0.0741. The van der Waals surface area contributed by atoms with Crippen molar-refractivity contribution in [3.63, 3.8) is 0 Å². The highest BCUT2D eigenvalue weighted by Crippen LogP contribution is 2.24. The lowest BCUT2D eigenvalue weighted by atomic mass is 10.1. The van der Waals surface area contributed by atoms with E-state index in [2.05, 4.69) is 24.1 Å². The molecule has 2 aromatic heterocycles. The lowest BCUT2D eigenvalue weighted by Gasteiger charge is -2.09. The SMILES string of the molecule is CC(C)CNC(=O)c1cccc(-c2ccc3ncc(-c4ccc(CN)cc4)n3n2)c1. The largest absolute Gasteiger partial charge is 0.352 e. The molecule has 0 radical (unpaired) electrons. The summed E-state index contributed by atoms with van der Waals surface area (Å²) in [6.45, 7) is 5.30. The summed E-state index contributed by atoms with van der Waals surface area (Å²) in [6.07, 6.45) is 1.82. The highest BCUT2D eigenvalue weighted by atomic mass is 16.1. The number of hydrogen-bond donors (Lipinski definition) is 2. The van der Waals surface area contributed by atoms with E-state index in [1.165, 1.54) is 0 Å². The molecule has 0 unspecified atom stereocenters. The summed E-state index contributed by atoms with van der Waals surface area (Å²) < 4.78 is 1.83. The molecular weight excluding hydrogens is 374 g/mol. The maximum absolute atomic E-state index is 12.4. The van der Waals surface area contributed by atoms with Crippen LogP contribution in [-0.2, 0) is 6.54 Å². The number of carbonyl (C=O) groups excluding carboxylic acids is 1. The van der Waals surface area contributed by atoms with Gasteiger partial charge in [0, 0.05) is 29.8 Å². The number of nitrogens with one attached hydrogen (secondary N) is 1. The van der Waals surface area contributed by atoms with Gasteiger partial charge in [-0.05, 0) is 35.7 Å². The van der Waals surface area contributed by atoms with Crippen LogP contribution >= 0.6 is 0 Å². The second-order valence-corrected chi connectivity index (χ2v) is 7.72. The number of fused-ring (bicyclic) bond motifs is 1. The Labute approximate surface area is 175 Å². The van der Waals surface area contributed by atoms with Crippen LogP contribution in [0.15, 0.2) is 66.9 Å². The summed E-state index contributed by atoms with van der Waals surface area (Å²) in [4.78, 5) is 16.9. The third-order valence-corrected chi connectivity index (χ3v) is 4.94. The second-order valence-electron chi connectivity index (χ2n) is 7.72. The van der Waals surface area contributed by atoms with E-state index in [-0.39, 0.29) is 5.91 Å². The number of amides is 1. The summed E-state index contributed by atoms with van der Waals surface area (Å²) in [5.74, 6) is 0.328. The monoisotopic (exact) mass is 399 g/mol. The van der Waals surface area contributed by atoms with Gasteiger partial charge in [0.1, 0.15) is 0 Å². The van der Waals surface area contributed by atoms with Gasteiger partial charge in [-0.3, -0.25) is 4.79 Å². The first kappa shape index (κ1) is 19.8. The van der Waals surface area contributed by atoms with Gasteiger partial charge in [-0.2, -0.15) is 5.10 Å². The highest BCUT2D eigenvalue weighted by Gasteiger charge is 2.11. The van der Waals surface area contributed by atoms with Gasteiger partial charge in [0.25, 0.3) is 5.91 Å². The lowest BCUT2D eigenvalue weighted by molar-refractivity contribution is 0.0949. The smallest absolute Gasteiger partial charge is 0.251 e. The van der Waals surface area contributed by atoms with Crippen molar-refractivity contribution in [2.24, 2.45) is 11.7 Å². The van der Waals surface area contributed by atoms with E-state index in [1.807, 2.05) is 71.4 Å². The molecule has 0 aliphatic heterocycles. The molecule has 3 N–H and O–H groups in total. The van der Waals surface area contributed by atoms with Crippen molar-refractivity contribution in [2.45, 2.75) is 20.4 Å². The second kappa shape index (κ2) is 8.47. The topological polar surface area (TPSA) is 85.3 Å². The van der Waals surface area contributed by atoms with Crippen LogP contribution in [0.5, 0.6) is 0 Å². The molecule has 1 amide bonds. The van der Waals surface area contributed by atoms with Gasteiger partial charge in [0.15, 0.2) is 5.65 Å². The van der Waals surface area contributed by atoms with Crippen LogP contribution in [0.4, 0.5) is 0 Å².